The van der Waals surface area contributed by atoms with Crippen LogP contribution in [-0.4, -0.2) is 17.3 Å². The standard InChI is InChI=1S/C21H21BrClN3OS/c1-12(2)20(24-4)25-16-11-15(23)17(10-13(16)3)27-21-18(22)19(26-28-21)14-8-6-5-7-9-14/h5-12H,1-4H3,(H,24,25). The Morgan fingerprint density at radius 3 is 2.61 bits per heavy atom. The largest absolute Gasteiger partial charge is 0.442 e. The second-order valence-electron chi connectivity index (χ2n) is 6.57. The summed E-state index contributed by atoms with van der Waals surface area (Å²) in [7, 11) is 1.87. The number of hydrogen-bond acceptors (Lipinski definition) is 4. The summed E-state index contributed by atoms with van der Waals surface area (Å²) in [4.78, 5) is 4.69. The van der Waals surface area contributed by atoms with Crippen LogP contribution in [0.25, 0.3) is 11.3 Å². The van der Waals surface area contributed by atoms with Gasteiger partial charge >= 0.3 is 0 Å². The van der Waals surface area contributed by atoms with Crippen molar-refractivity contribution < 1.29 is 4.74 Å². The number of nitrogens with one attached hydrogen (secondary N) is 1. The van der Waals surface area contributed by atoms with Crippen LogP contribution in [0.15, 0.2) is 51.9 Å². The summed E-state index contributed by atoms with van der Waals surface area (Å²) in [6.45, 7) is 6.18. The van der Waals surface area contributed by atoms with Gasteiger partial charge in [0.2, 0.25) is 5.06 Å². The third kappa shape index (κ3) is 4.57. The lowest BCUT2D eigenvalue weighted by atomic mass is 10.1. The Labute approximate surface area is 182 Å². The minimum atomic E-state index is 0.295. The minimum absolute atomic E-state index is 0.295. The molecule has 7 heteroatoms. The van der Waals surface area contributed by atoms with E-state index in [2.05, 4.69) is 39.5 Å². The first-order chi connectivity index (χ1) is 13.4. The first-order valence-electron chi connectivity index (χ1n) is 8.85. The predicted octanol–water partition coefficient (Wildman–Crippen LogP) is 7.23. The quantitative estimate of drug-likeness (QED) is 0.311. The molecule has 0 aliphatic heterocycles. The summed E-state index contributed by atoms with van der Waals surface area (Å²) in [6, 6.07) is 13.7. The van der Waals surface area contributed by atoms with Gasteiger partial charge in [-0.25, -0.2) is 4.99 Å². The molecule has 0 fully saturated rings. The second kappa shape index (κ2) is 9.07. The Hall–Kier alpha value is -1.89. The number of amidine groups is 1. The maximum Gasteiger partial charge on any atom is 0.215 e. The van der Waals surface area contributed by atoms with Crippen molar-refractivity contribution in [1.29, 1.82) is 0 Å². The average molecular weight is 479 g/mol. The molecule has 0 aliphatic carbocycles. The van der Waals surface area contributed by atoms with Crippen LogP contribution in [0.5, 0.6) is 10.8 Å². The van der Waals surface area contributed by atoms with Gasteiger partial charge in [-0.2, -0.15) is 4.37 Å². The molecule has 0 unspecified atom stereocenters. The molecule has 1 aromatic heterocycles. The van der Waals surface area contributed by atoms with Crippen molar-refractivity contribution in [3.8, 4) is 22.1 Å². The van der Waals surface area contributed by atoms with Gasteiger partial charge in [-0.15, -0.1) is 0 Å². The van der Waals surface area contributed by atoms with Crippen molar-refractivity contribution in [3.05, 3.63) is 57.5 Å². The third-order valence-electron chi connectivity index (χ3n) is 4.15. The molecule has 146 valence electrons. The van der Waals surface area contributed by atoms with Crippen molar-refractivity contribution in [3.63, 3.8) is 0 Å². The molecule has 0 atom stereocenters. The number of rotatable bonds is 5. The molecule has 0 amide bonds. The van der Waals surface area contributed by atoms with E-state index in [0.717, 1.165) is 32.8 Å². The normalized spacial score (nSPS) is 11.8. The lowest BCUT2D eigenvalue weighted by Crippen LogP contribution is -2.23. The fraction of sp³-hybridized carbons (Fsp3) is 0.238. The maximum absolute atomic E-state index is 6.49. The van der Waals surface area contributed by atoms with Crippen LogP contribution in [-0.2, 0) is 0 Å². The Kier molecular flexibility index (Phi) is 6.75. The molecule has 2 aromatic carbocycles. The number of aromatic nitrogens is 1. The Morgan fingerprint density at radius 1 is 1.25 bits per heavy atom. The van der Waals surface area contributed by atoms with Gasteiger partial charge < -0.3 is 10.1 Å². The Bertz CT molecular complexity index is 1000. The molecule has 3 rings (SSSR count). The number of nitrogens with zero attached hydrogens (tertiary/aromatic N) is 2. The second-order valence-corrected chi connectivity index (χ2v) is 8.51. The highest BCUT2D eigenvalue weighted by molar-refractivity contribution is 9.10. The van der Waals surface area contributed by atoms with E-state index in [1.54, 1.807) is 0 Å². The number of benzene rings is 2. The van der Waals surface area contributed by atoms with Crippen LogP contribution in [0, 0.1) is 12.8 Å². The Morgan fingerprint density at radius 2 is 1.96 bits per heavy atom. The highest BCUT2D eigenvalue weighted by Gasteiger charge is 2.17. The first kappa shape index (κ1) is 20.8. The van der Waals surface area contributed by atoms with Crippen LogP contribution in [0.1, 0.15) is 19.4 Å². The molecule has 28 heavy (non-hydrogen) atoms. The number of aliphatic imine (C=N–C) groups is 1. The lowest BCUT2D eigenvalue weighted by molar-refractivity contribution is 0.494. The summed E-state index contributed by atoms with van der Waals surface area (Å²) in [5, 5.41) is 4.31. The lowest BCUT2D eigenvalue weighted by Gasteiger charge is -2.12. The zero-order valence-electron chi connectivity index (χ0n) is 16.1. The van der Waals surface area contributed by atoms with Crippen molar-refractivity contribution in [2.75, 3.05) is 7.05 Å². The van der Waals surface area contributed by atoms with Crippen LogP contribution < -0.4 is 10.1 Å². The number of aryl methyl sites for hydroxylation is 1. The first-order valence-corrected chi connectivity index (χ1v) is 10.8. The third-order valence-corrected chi connectivity index (χ3v) is 6.17. The predicted molar refractivity (Wildman–Crippen MR) is 123 cm³/mol. The molecule has 0 saturated heterocycles. The smallest absolute Gasteiger partial charge is 0.215 e. The van der Waals surface area contributed by atoms with E-state index in [4.69, 9.17) is 21.3 Å². The van der Waals surface area contributed by atoms with Crippen LogP contribution in [0.4, 0.5) is 5.69 Å². The van der Waals surface area contributed by atoms with E-state index in [1.165, 1.54) is 11.5 Å². The average Bonchev–Trinajstić information content (AvgIpc) is 3.04. The molecule has 0 radical (unpaired) electrons. The van der Waals surface area contributed by atoms with Gasteiger partial charge in [0.05, 0.1) is 15.2 Å². The minimum Gasteiger partial charge on any atom is -0.442 e. The van der Waals surface area contributed by atoms with Crippen molar-refractivity contribution >= 4 is 50.6 Å². The molecular formula is C21H21BrClN3OS. The van der Waals surface area contributed by atoms with Gasteiger partial charge in [-0.3, -0.25) is 0 Å². The van der Waals surface area contributed by atoms with Gasteiger partial charge in [0.1, 0.15) is 17.3 Å². The van der Waals surface area contributed by atoms with Gasteiger partial charge in [0, 0.05) is 30.1 Å². The summed E-state index contributed by atoms with van der Waals surface area (Å²) < 4.78 is 11.4. The van der Waals surface area contributed by atoms with E-state index in [1.807, 2.05) is 56.4 Å². The van der Waals surface area contributed by atoms with Crippen LogP contribution in [0.2, 0.25) is 5.02 Å². The molecule has 0 saturated carbocycles. The highest BCUT2D eigenvalue weighted by Crippen LogP contribution is 2.43. The van der Waals surface area contributed by atoms with Gasteiger partial charge in [-0.1, -0.05) is 55.8 Å². The molecule has 0 aliphatic rings. The summed E-state index contributed by atoms with van der Waals surface area (Å²) >= 11 is 11.4. The van der Waals surface area contributed by atoms with Crippen molar-refractivity contribution in [2.24, 2.45) is 10.9 Å². The fourth-order valence-electron chi connectivity index (χ4n) is 2.65. The van der Waals surface area contributed by atoms with Gasteiger partial charge in [-0.05, 0) is 40.5 Å². The molecule has 1 N–H and O–H groups in total. The summed E-state index contributed by atoms with van der Waals surface area (Å²) in [5.41, 5.74) is 3.69. The number of halogens is 2. The zero-order chi connectivity index (χ0) is 20.3. The Balaban J connectivity index is 1.90. The zero-order valence-corrected chi connectivity index (χ0v) is 19.2. The summed E-state index contributed by atoms with van der Waals surface area (Å²) in [5.74, 6) is 1.78. The fourth-order valence-corrected chi connectivity index (χ4v) is 4.25. The monoisotopic (exact) mass is 477 g/mol. The van der Waals surface area contributed by atoms with Gasteiger partial charge in [0.15, 0.2) is 0 Å². The van der Waals surface area contributed by atoms with E-state index >= 15 is 0 Å². The molecule has 4 nitrogen and oxygen atoms in total. The van der Waals surface area contributed by atoms with Crippen LogP contribution >= 0.6 is 39.1 Å². The molecule has 0 spiro atoms. The van der Waals surface area contributed by atoms with E-state index in [-0.39, 0.29) is 0 Å². The summed E-state index contributed by atoms with van der Waals surface area (Å²) in [6.07, 6.45) is 0. The molecule has 1 heterocycles. The van der Waals surface area contributed by atoms with E-state index in [9.17, 15) is 0 Å². The van der Waals surface area contributed by atoms with E-state index in [0.29, 0.717) is 21.8 Å². The van der Waals surface area contributed by atoms with E-state index < -0.39 is 0 Å². The SMILES string of the molecule is CNC(=Nc1cc(Cl)c(Oc2snc(-c3ccccc3)c2Br)cc1C)C(C)C. The maximum atomic E-state index is 6.49. The van der Waals surface area contributed by atoms with Crippen molar-refractivity contribution in [1.82, 2.24) is 9.69 Å². The highest BCUT2D eigenvalue weighted by atomic mass is 79.9. The molecular weight excluding hydrogens is 458 g/mol. The number of hydrogen-bond donors (Lipinski definition) is 1. The number of ether oxygens (including phenoxy) is 1. The van der Waals surface area contributed by atoms with Crippen molar-refractivity contribution in [2.45, 2.75) is 20.8 Å². The topological polar surface area (TPSA) is 46.5 Å². The van der Waals surface area contributed by atoms with Gasteiger partial charge in [0.25, 0.3) is 0 Å². The molecule has 0 bridgehead atoms. The van der Waals surface area contributed by atoms with Crippen LogP contribution in [0.3, 0.4) is 0 Å². The molecule has 3 aromatic rings.